The molecule has 1 aliphatic rings. The molecule has 0 aromatic carbocycles. The second-order valence-corrected chi connectivity index (χ2v) is 13.0. The van der Waals surface area contributed by atoms with E-state index in [-0.39, 0.29) is 5.41 Å². The normalized spacial score (nSPS) is 15.2. The zero-order valence-electron chi connectivity index (χ0n) is 28.0. The molecule has 0 spiro atoms. The van der Waals surface area contributed by atoms with Crippen LogP contribution in [0.4, 0.5) is 0 Å². The van der Waals surface area contributed by atoms with Crippen molar-refractivity contribution in [2.24, 2.45) is 5.41 Å². The summed E-state index contributed by atoms with van der Waals surface area (Å²) in [5.74, 6) is 0. The Morgan fingerprint density at radius 1 is 0.488 bits per heavy atom. The van der Waals surface area contributed by atoms with Crippen LogP contribution >= 0.6 is 0 Å². The summed E-state index contributed by atoms with van der Waals surface area (Å²) < 4.78 is 12.3. The van der Waals surface area contributed by atoms with Crippen molar-refractivity contribution in [2.45, 2.75) is 174 Å². The van der Waals surface area contributed by atoms with E-state index in [0.29, 0.717) is 0 Å². The summed E-state index contributed by atoms with van der Waals surface area (Å²) in [4.78, 5) is 0. The van der Waals surface area contributed by atoms with Gasteiger partial charge in [0.1, 0.15) is 0 Å². The van der Waals surface area contributed by atoms with Crippen molar-refractivity contribution in [1.82, 2.24) is 5.32 Å². The van der Waals surface area contributed by atoms with E-state index >= 15 is 0 Å². The highest BCUT2D eigenvalue weighted by Gasteiger charge is 2.34. The molecule has 1 heterocycles. The van der Waals surface area contributed by atoms with Crippen LogP contribution in [0, 0.1) is 5.41 Å². The maximum Gasteiger partial charge on any atom is 0.0557 e. The molecular weight excluding hydrogens is 502 g/mol. The number of hydrogen-bond acceptors (Lipinski definition) is 3. The number of nitrogens with one attached hydrogen (secondary N) is 1. The average Bonchev–Trinajstić information content (AvgIpc) is 3.45. The number of unbranched alkanes of at least 4 members (excludes halogenated alkanes) is 20. The van der Waals surface area contributed by atoms with Gasteiger partial charge in [-0.2, -0.15) is 0 Å². The Hall–Kier alpha value is -0.640. The summed E-state index contributed by atoms with van der Waals surface area (Å²) in [5, 5.41) is 3.55. The van der Waals surface area contributed by atoms with Gasteiger partial charge in [-0.25, -0.2) is 0 Å². The first-order valence-electron chi connectivity index (χ1n) is 18.5. The molecule has 0 saturated carbocycles. The number of allylic oxidation sites excluding steroid dienone is 4. The van der Waals surface area contributed by atoms with E-state index < -0.39 is 0 Å². The maximum atomic E-state index is 6.17. The van der Waals surface area contributed by atoms with Crippen LogP contribution in [0.2, 0.25) is 0 Å². The lowest BCUT2D eigenvalue weighted by atomic mass is 9.89. The zero-order valence-corrected chi connectivity index (χ0v) is 28.0. The minimum atomic E-state index is 0.201. The Bertz CT molecular complexity index is 523. The van der Waals surface area contributed by atoms with Gasteiger partial charge in [0.2, 0.25) is 0 Å². The largest absolute Gasteiger partial charge is 0.381 e. The van der Waals surface area contributed by atoms with E-state index in [4.69, 9.17) is 9.47 Å². The monoisotopic (exact) mass is 576 g/mol. The third-order valence-corrected chi connectivity index (χ3v) is 8.75. The Balaban J connectivity index is 1.88. The molecule has 41 heavy (non-hydrogen) atoms. The lowest BCUT2D eigenvalue weighted by Gasteiger charge is -2.27. The number of ether oxygens (including phenoxy) is 2. The Morgan fingerprint density at radius 2 is 0.854 bits per heavy atom. The van der Waals surface area contributed by atoms with Crippen LogP contribution in [0.1, 0.15) is 174 Å². The first-order chi connectivity index (χ1) is 20.3. The van der Waals surface area contributed by atoms with Crippen LogP contribution in [0.15, 0.2) is 24.3 Å². The molecule has 1 N–H and O–H groups in total. The van der Waals surface area contributed by atoms with Crippen LogP contribution in [0.25, 0.3) is 0 Å². The average molecular weight is 576 g/mol. The summed E-state index contributed by atoms with van der Waals surface area (Å²) >= 11 is 0. The smallest absolute Gasteiger partial charge is 0.0557 e. The van der Waals surface area contributed by atoms with E-state index in [9.17, 15) is 0 Å². The van der Waals surface area contributed by atoms with Crippen LogP contribution < -0.4 is 5.32 Å². The molecule has 0 radical (unpaired) electrons. The summed E-state index contributed by atoms with van der Waals surface area (Å²) in [6.07, 6.45) is 42.9. The highest BCUT2D eigenvalue weighted by Crippen LogP contribution is 2.27. The van der Waals surface area contributed by atoms with Crippen molar-refractivity contribution in [3.05, 3.63) is 24.3 Å². The molecule has 0 amide bonds. The second kappa shape index (κ2) is 30.8. The minimum Gasteiger partial charge on any atom is -0.381 e. The van der Waals surface area contributed by atoms with Gasteiger partial charge in [-0.1, -0.05) is 128 Å². The van der Waals surface area contributed by atoms with E-state index in [0.717, 1.165) is 39.5 Å². The molecule has 0 bridgehead atoms. The van der Waals surface area contributed by atoms with Crippen molar-refractivity contribution >= 4 is 0 Å². The molecule has 0 aliphatic carbocycles. The van der Waals surface area contributed by atoms with Gasteiger partial charge in [-0.3, -0.25) is 0 Å². The van der Waals surface area contributed by atoms with Crippen LogP contribution in [-0.2, 0) is 9.47 Å². The van der Waals surface area contributed by atoms with Gasteiger partial charge in [0.05, 0.1) is 13.2 Å². The number of rotatable bonds is 32. The Labute approximate surface area is 258 Å². The quantitative estimate of drug-likeness (QED) is 0.0639. The third kappa shape index (κ3) is 25.6. The molecule has 1 saturated heterocycles. The number of hydrogen-bond donors (Lipinski definition) is 1. The molecule has 0 atom stereocenters. The van der Waals surface area contributed by atoms with Gasteiger partial charge in [-0.05, 0) is 77.2 Å². The fourth-order valence-electron chi connectivity index (χ4n) is 5.86. The molecular formula is C38H73NO2. The molecule has 0 aromatic heterocycles. The van der Waals surface area contributed by atoms with E-state index in [2.05, 4.69) is 43.5 Å². The van der Waals surface area contributed by atoms with Gasteiger partial charge in [-0.15, -0.1) is 0 Å². The standard InChI is InChI=1S/C38H73NO2/c1-3-5-7-9-11-13-15-17-19-21-23-25-27-29-33-40-36-38(31-32-39-35-38)37-41-34-30-28-26-24-22-20-18-16-14-12-10-8-6-4-2/h13-16,39H,3-12,17-37H2,1-2H3/b15-13-,16-14-. The minimum absolute atomic E-state index is 0.201. The Kier molecular flexibility index (Phi) is 28.8. The lowest BCUT2D eigenvalue weighted by Crippen LogP contribution is -2.35. The van der Waals surface area contributed by atoms with Gasteiger partial charge in [0.15, 0.2) is 0 Å². The maximum absolute atomic E-state index is 6.17. The van der Waals surface area contributed by atoms with Gasteiger partial charge in [0.25, 0.3) is 0 Å². The lowest BCUT2D eigenvalue weighted by molar-refractivity contribution is -0.0139. The summed E-state index contributed by atoms with van der Waals surface area (Å²) in [5.41, 5.74) is 0.201. The van der Waals surface area contributed by atoms with Crippen LogP contribution in [0.5, 0.6) is 0 Å². The highest BCUT2D eigenvalue weighted by molar-refractivity contribution is 4.88. The first kappa shape index (κ1) is 38.4. The van der Waals surface area contributed by atoms with Crippen LogP contribution in [-0.4, -0.2) is 39.5 Å². The highest BCUT2D eigenvalue weighted by atomic mass is 16.5. The van der Waals surface area contributed by atoms with Crippen LogP contribution in [0.3, 0.4) is 0 Å². The van der Waals surface area contributed by atoms with Crippen molar-refractivity contribution in [3.63, 3.8) is 0 Å². The predicted molar refractivity (Wildman–Crippen MR) is 182 cm³/mol. The zero-order chi connectivity index (χ0) is 29.4. The molecule has 3 heteroatoms. The molecule has 1 aliphatic heterocycles. The molecule has 242 valence electrons. The van der Waals surface area contributed by atoms with E-state index in [1.54, 1.807) is 0 Å². The summed E-state index contributed by atoms with van der Waals surface area (Å²) in [7, 11) is 0. The molecule has 1 rings (SSSR count). The SMILES string of the molecule is CCCCCC/C=C\CCCCCCCCOCC1(COCCCCCCCC/C=C\CCCCCC)CCNC1. The molecule has 0 unspecified atom stereocenters. The van der Waals surface area contributed by atoms with Gasteiger partial charge in [0, 0.05) is 25.2 Å². The van der Waals surface area contributed by atoms with E-state index in [1.807, 2.05) is 0 Å². The fraction of sp³-hybridized carbons (Fsp3) is 0.895. The molecule has 1 fully saturated rings. The van der Waals surface area contributed by atoms with Gasteiger partial charge >= 0.3 is 0 Å². The van der Waals surface area contributed by atoms with Crippen molar-refractivity contribution in [1.29, 1.82) is 0 Å². The summed E-state index contributed by atoms with van der Waals surface area (Å²) in [6.45, 7) is 10.3. The summed E-state index contributed by atoms with van der Waals surface area (Å²) in [6, 6.07) is 0. The third-order valence-electron chi connectivity index (χ3n) is 8.75. The topological polar surface area (TPSA) is 30.5 Å². The Morgan fingerprint density at radius 3 is 1.22 bits per heavy atom. The second-order valence-electron chi connectivity index (χ2n) is 13.0. The predicted octanol–water partition coefficient (Wildman–Crippen LogP) is 11.5. The van der Waals surface area contributed by atoms with Crippen molar-refractivity contribution < 1.29 is 9.47 Å². The fourth-order valence-corrected chi connectivity index (χ4v) is 5.86. The van der Waals surface area contributed by atoms with Crippen molar-refractivity contribution in [3.8, 4) is 0 Å². The first-order valence-corrected chi connectivity index (χ1v) is 18.5. The molecule has 3 nitrogen and oxygen atoms in total. The van der Waals surface area contributed by atoms with E-state index in [1.165, 1.54) is 161 Å². The van der Waals surface area contributed by atoms with Gasteiger partial charge < -0.3 is 14.8 Å². The van der Waals surface area contributed by atoms with Crippen molar-refractivity contribution in [2.75, 3.05) is 39.5 Å². The molecule has 0 aromatic rings.